The van der Waals surface area contributed by atoms with Crippen LogP contribution in [0.5, 0.6) is 11.5 Å². The van der Waals surface area contributed by atoms with Crippen LogP contribution >= 0.6 is 0 Å². The van der Waals surface area contributed by atoms with Crippen molar-refractivity contribution in [2.45, 2.75) is 45.3 Å². The first-order chi connectivity index (χ1) is 11.6. The molecule has 2 nitrogen and oxygen atoms in total. The standard InChI is InChI=1S/C20H30O2Si3/c1-23(2,3)25(24(4,5)6,18-10-8-7-9-11-18)15-17-12-13-19-20(14-17)22-16-21-19/h7-14H,15-16H2,1-6H3. The van der Waals surface area contributed by atoms with E-state index in [1.807, 2.05) is 0 Å². The second kappa shape index (κ2) is 6.45. The third kappa shape index (κ3) is 3.25. The van der Waals surface area contributed by atoms with Crippen molar-refractivity contribution < 1.29 is 9.47 Å². The maximum Gasteiger partial charge on any atom is 0.231 e. The first kappa shape index (κ1) is 18.5. The van der Waals surface area contributed by atoms with Crippen LogP contribution in [0.25, 0.3) is 0 Å². The van der Waals surface area contributed by atoms with Gasteiger partial charge in [0.25, 0.3) is 0 Å². The van der Waals surface area contributed by atoms with Gasteiger partial charge in [-0.15, -0.1) is 0 Å². The molecule has 0 radical (unpaired) electrons. The molecule has 5 heteroatoms. The average molecular weight is 387 g/mol. The summed E-state index contributed by atoms with van der Waals surface area (Å²) in [4.78, 5) is 0. The molecule has 0 spiro atoms. The Morgan fingerprint density at radius 1 is 0.760 bits per heavy atom. The fourth-order valence-electron chi connectivity index (χ4n) is 4.70. The normalized spacial score (nSPS) is 14.6. The van der Waals surface area contributed by atoms with E-state index in [0.29, 0.717) is 6.79 Å². The Kier molecular flexibility index (Phi) is 4.77. The average Bonchev–Trinajstić information content (AvgIpc) is 2.98. The number of rotatable bonds is 5. The fourth-order valence-corrected chi connectivity index (χ4v) is 49.1. The lowest BCUT2D eigenvalue weighted by Gasteiger charge is -2.51. The van der Waals surface area contributed by atoms with Gasteiger partial charge >= 0.3 is 0 Å². The van der Waals surface area contributed by atoms with Crippen LogP contribution in [0.15, 0.2) is 48.5 Å². The molecule has 1 aliphatic heterocycles. The predicted molar refractivity (Wildman–Crippen MR) is 115 cm³/mol. The molecule has 3 rings (SSSR count). The molecule has 0 aromatic heterocycles. The highest BCUT2D eigenvalue weighted by Gasteiger charge is 2.55. The van der Waals surface area contributed by atoms with Crippen molar-refractivity contribution in [2.75, 3.05) is 6.79 Å². The van der Waals surface area contributed by atoms with Crippen molar-refractivity contribution in [3.8, 4) is 11.5 Å². The molecular weight excluding hydrogens is 356 g/mol. The van der Waals surface area contributed by atoms with E-state index in [-0.39, 0.29) is 0 Å². The zero-order valence-corrected chi connectivity index (χ0v) is 19.3. The van der Waals surface area contributed by atoms with Crippen LogP contribution in [-0.4, -0.2) is 29.1 Å². The summed E-state index contributed by atoms with van der Waals surface area (Å²) in [6.45, 7) is 15.9. The van der Waals surface area contributed by atoms with Crippen LogP contribution in [-0.2, 0) is 6.04 Å². The molecule has 0 N–H and O–H groups in total. The number of hydrogen-bond acceptors (Lipinski definition) is 2. The summed E-state index contributed by atoms with van der Waals surface area (Å²) in [5, 5.41) is 1.66. The summed E-state index contributed by atoms with van der Waals surface area (Å²) in [6, 6.07) is 19.2. The highest BCUT2D eigenvalue weighted by atomic mass is 29.6. The molecule has 0 bridgehead atoms. The van der Waals surface area contributed by atoms with Crippen molar-refractivity contribution >= 4 is 27.5 Å². The topological polar surface area (TPSA) is 18.5 Å². The second-order valence-electron chi connectivity index (χ2n) is 9.14. The summed E-state index contributed by atoms with van der Waals surface area (Å²) in [5.41, 5.74) is 1.42. The lowest BCUT2D eigenvalue weighted by Crippen LogP contribution is -2.79. The third-order valence-corrected chi connectivity index (χ3v) is 44.8. The summed E-state index contributed by atoms with van der Waals surface area (Å²) in [7, 11) is -4.45. The van der Waals surface area contributed by atoms with E-state index in [4.69, 9.17) is 9.47 Å². The van der Waals surface area contributed by atoms with Gasteiger partial charge in [-0.1, -0.05) is 80.9 Å². The molecular formula is C20H30O2Si3. The van der Waals surface area contributed by atoms with E-state index >= 15 is 0 Å². The maximum absolute atomic E-state index is 5.65. The van der Waals surface area contributed by atoms with Gasteiger partial charge in [-0.25, -0.2) is 0 Å². The van der Waals surface area contributed by atoms with Crippen LogP contribution < -0.4 is 14.7 Å². The highest BCUT2D eigenvalue weighted by Crippen LogP contribution is 2.36. The van der Waals surface area contributed by atoms with Crippen LogP contribution in [0.3, 0.4) is 0 Å². The first-order valence-corrected chi connectivity index (χ1v) is 20.3. The van der Waals surface area contributed by atoms with Crippen LogP contribution in [0.4, 0.5) is 0 Å². The van der Waals surface area contributed by atoms with Gasteiger partial charge in [-0.2, -0.15) is 0 Å². The van der Waals surface area contributed by atoms with Crippen molar-refractivity contribution in [3.05, 3.63) is 54.1 Å². The number of ether oxygens (including phenoxy) is 2. The molecule has 2 aromatic carbocycles. The number of benzene rings is 2. The minimum atomic E-state index is -1.67. The molecule has 0 saturated carbocycles. The Hall–Kier alpha value is -1.31. The predicted octanol–water partition coefficient (Wildman–Crippen LogP) is 4.69. The lowest BCUT2D eigenvalue weighted by atomic mass is 10.2. The molecule has 0 unspecified atom stereocenters. The fraction of sp³-hybridized carbons (Fsp3) is 0.400. The van der Waals surface area contributed by atoms with Crippen LogP contribution in [0.2, 0.25) is 39.3 Å². The van der Waals surface area contributed by atoms with Gasteiger partial charge in [0.1, 0.15) is 0 Å². The Morgan fingerprint density at radius 3 is 1.96 bits per heavy atom. The molecule has 0 amide bonds. The van der Waals surface area contributed by atoms with E-state index in [0.717, 1.165) is 11.5 Å². The van der Waals surface area contributed by atoms with Gasteiger partial charge in [-0.05, 0) is 23.7 Å². The van der Waals surface area contributed by atoms with Gasteiger partial charge < -0.3 is 9.47 Å². The molecule has 0 atom stereocenters. The molecule has 0 fully saturated rings. The monoisotopic (exact) mass is 386 g/mol. The van der Waals surface area contributed by atoms with Gasteiger partial charge in [0.15, 0.2) is 11.5 Å². The van der Waals surface area contributed by atoms with Crippen molar-refractivity contribution in [3.63, 3.8) is 0 Å². The van der Waals surface area contributed by atoms with E-state index in [1.165, 1.54) is 11.6 Å². The van der Waals surface area contributed by atoms with E-state index in [2.05, 4.69) is 87.8 Å². The highest BCUT2D eigenvalue weighted by molar-refractivity contribution is 7.72. The van der Waals surface area contributed by atoms with Gasteiger partial charge in [0.05, 0.1) is 7.11 Å². The second-order valence-corrected chi connectivity index (χ2v) is 36.5. The van der Waals surface area contributed by atoms with Gasteiger partial charge in [0.2, 0.25) is 6.79 Å². The molecule has 1 heterocycles. The molecule has 134 valence electrons. The van der Waals surface area contributed by atoms with Crippen LogP contribution in [0, 0.1) is 0 Å². The zero-order valence-electron chi connectivity index (χ0n) is 16.3. The van der Waals surface area contributed by atoms with Gasteiger partial charge in [-0.3, -0.25) is 0 Å². The summed E-state index contributed by atoms with van der Waals surface area (Å²) in [5.74, 6) is 1.80. The largest absolute Gasteiger partial charge is 0.454 e. The smallest absolute Gasteiger partial charge is 0.231 e. The van der Waals surface area contributed by atoms with Crippen molar-refractivity contribution in [2.24, 2.45) is 0 Å². The quantitative estimate of drug-likeness (QED) is 0.694. The molecule has 0 saturated heterocycles. The SMILES string of the molecule is C[Si](C)(C)[Si](Cc1ccc2c(c1)OCO2)(c1ccccc1)[Si](C)(C)C. The summed E-state index contributed by atoms with van der Waals surface area (Å²) >= 11 is 0. The molecule has 1 aliphatic rings. The molecule has 0 aliphatic carbocycles. The number of fused-ring (bicyclic) bond motifs is 1. The lowest BCUT2D eigenvalue weighted by molar-refractivity contribution is 0.174. The Bertz CT molecular complexity index is 732. The zero-order chi connectivity index (χ0) is 18.3. The Labute approximate surface area is 154 Å². The van der Waals surface area contributed by atoms with E-state index < -0.39 is 22.3 Å². The number of hydrogen-bond donors (Lipinski definition) is 0. The minimum absolute atomic E-state index is 0.349. The van der Waals surface area contributed by atoms with E-state index in [1.54, 1.807) is 5.19 Å². The molecule has 25 heavy (non-hydrogen) atoms. The molecule has 2 aromatic rings. The van der Waals surface area contributed by atoms with Gasteiger partial charge in [0, 0.05) is 15.2 Å². The minimum Gasteiger partial charge on any atom is -0.454 e. The van der Waals surface area contributed by atoms with Crippen molar-refractivity contribution in [1.82, 2.24) is 0 Å². The summed E-state index contributed by atoms with van der Waals surface area (Å²) in [6.07, 6.45) is 0. The van der Waals surface area contributed by atoms with Crippen LogP contribution in [0.1, 0.15) is 5.56 Å². The third-order valence-electron chi connectivity index (χ3n) is 5.73. The summed E-state index contributed by atoms with van der Waals surface area (Å²) < 4.78 is 11.2. The Morgan fingerprint density at radius 2 is 1.36 bits per heavy atom. The Balaban J connectivity index is 2.14. The van der Waals surface area contributed by atoms with Crippen molar-refractivity contribution in [1.29, 1.82) is 0 Å². The first-order valence-electron chi connectivity index (χ1n) is 9.09. The maximum atomic E-state index is 5.65. The van der Waals surface area contributed by atoms with E-state index in [9.17, 15) is 0 Å².